The minimum absolute atomic E-state index is 0.115. The van der Waals surface area contributed by atoms with E-state index in [-0.39, 0.29) is 12.2 Å². The van der Waals surface area contributed by atoms with Gasteiger partial charge in [-0.15, -0.1) is 0 Å². The highest BCUT2D eigenvalue weighted by atomic mass is 16.6. The fourth-order valence-corrected chi connectivity index (χ4v) is 2.20. The van der Waals surface area contributed by atoms with Crippen LogP contribution in [0.1, 0.15) is 13.3 Å². The van der Waals surface area contributed by atoms with Crippen molar-refractivity contribution in [2.75, 3.05) is 60.4 Å². The van der Waals surface area contributed by atoms with E-state index >= 15 is 0 Å². The van der Waals surface area contributed by atoms with Gasteiger partial charge in [0.05, 0.1) is 51.8 Å². The molecule has 0 heterocycles. The Morgan fingerprint density at radius 3 is 2.25 bits per heavy atom. The molecular formula is C14H29NO5. The standard InChI is InChI=1S/C14H29NO5/c1-4-15-12-11-13(14(12)20-9-6-17-3)19-10-8-18-7-5-16-2/h12-15H,4-11H2,1-3H3. The predicted octanol–water partition coefficient (Wildman–Crippen LogP) is 0.448. The van der Waals surface area contributed by atoms with Crippen molar-refractivity contribution in [1.82, 2.24) is 5.32 Å². The smallest absolute Gasteiger partial charge is 0.0991 e. The molecule has 0 aromatic heterocycles. The molecule has 1 aliphatic carbocycles. The molecule has 6 heteroatoms. The molecule has 0 spiro atoms. The zero-order valence-electron chi connectivity index (χ0n) is 12.9. The maximum absolute atomic E-state index is 5.82. The fourth-order valence-electron chi connectivity index (χ4n) is 2.20. The predicted molar refractivity (Wildman–Crippen MR) is 76.1 cm³/mol. The van der Waals surface area contributed by atoms with Gasteiger partial charge in [0.25, 0.3) is 0 Å². The maximum atomic E-state index is 5.82. The van der Waals surface area contributed by atoms with Crippen molar-refractivity contribution < 1.29 is 23.7 Å². The maximum Gasteiger partial charge on any atom is 0.0991 e. The Bertz CT molecular complexity index is 230. The van der Waals surface area contributed by atoms with Gasteiger partial charge in [0, 0.05) is 20.3 Å². The Hall–Kier alpha value is -0.240. The van der Waals surface area contributed by atoms with Crippen LogP contribution in [-0.2, 0) is 23.7 Å². The molecule has 3 unspecified atom stereocenters. The lowest BCUT2D eigenvalue weighted by Crippen LogP contribution is -2.60. The Morgan fingerprint density at radius 1 is 0.900 bits per heavy atom. The first kappa shape index (κ1) is 17.8. The highest BCUT2D eigenvalue weighted by Crippen LogP contribution is 2.27. The third-order valence-electron chi connectivity index (χ3n) is 3.30. The highest BCUT2D eigenvalue weighted by Gasteiger charge is 2.42. The van der Waals surface area contributed by atoms with E-state index in [0.717, 1.165) is 13.0 Å². The largest absolute Gasteiger partial charge is 0.382 e. The van der Waals surface area contributed by atoms with E-state index in [9.17, 15) is 0 Å². The minimum atomic E-state index is 0.115. The van der Waals surface area contributed by atoms with E-state index in [1.165, 1.54) is 0 Å². The summed E-state index contributed by atoms with van der Waals surface area (Å²) < 4.78 is 26.9. The van der Waals surface area contributed by atoms with Crippen molar-refractivity contribution in [3.8, 4) is 0 Å². The molecule has 20 heavy (non-hydrogen) atoms. The van der Waals surface area contributed by atoms with Crippen LogP contribution in [0.25, 0.3) is 0 Å². The molecule has 0 aromatic carbocycles. The van der Waals surface area contributed by atoms with Crippen molar-refractivity contribution in [3.05, 3.63) is 0 Å². The molecule has 120 valence electrons. The summed E-state index contributed by atoms with van der Waals surface area (Å²) in [5.41, 5.74) is 0. The quantitative estimate of drug-likeness (QED) is 0.497. The van der Waals surface area contributed by atoms with Crippen LogP contribution < -0.4 is 5.32 Å². The molecule has 0 amide bonds. The van der Waals surface area contributed by atoms with Crippen molar-refractivity contribution >= 4 is 0 Å². The lowest BCUT2D eigenvalue weighted by Gasteiger charge is -2.44. The van der Waals surface area contributed by atoms with Crippen molar-refractivity contribution in [1.29, 1.82) is 0 Å². The Morgan fingerprint density at radius 2 is 1.55 bits per heavy atom. The van der Waals surface area contributed by atoms with Crippen LogP contribution in [0.4, 0.5) is 0 Å². The van der Waals surface area contributed by atoms with E-state index < -0.39 is 0 Å². The second-order valence-corrected chi connectivity index (χ2v) is 4.74. The summed E-state index contributed by atoms with van der Waals surface area (Å²) in [5, 5.41) is 3.41. The van der Waals surface area contributed by atoms with Gasteiger partial charge in [-0.25, -0.2) is 0 Å². The van der Waals surface area contributed by atoms with Gasteiger partial charge in [-0.05, 0) is 13.0 Å². The van der Waals surface area contributed by atoms with Gasteiger partial charge in [-0.1, -0.05) is 6.92 Å². The molecular weight excluding hydrogens is 262 g/mol. The summed E-state index contributed by atoms with van der Waals surface area (Å²) in [6.45, 7) is 6.68. The van der Waals surface area contributed by atoms with Crippen LogP contribution >= 0.6 is 0 Å². The summed E-state index contributed by atoms with van der Waals surface area (Å²) in [7, 11) is 3.34. The van der Waals surface area contributed by atoms with Gasteiger partial charge >= 0.3 is 0 Å². The molecule has 1 aliphatic rings. The molecule has 1 rings (SSSR count). The Kier molecular flexibility index (Phi) is 10.2. The van der Waals surface area contributed by atoms with Crippen molar-refractivity contribution in [2.24, 2.45) is 0 Å². The molecule has 1 saturated carbocycles. The van der Waals surface area contributed by atoms with E-state index in [2.05, 4.69) is 12.2 Å². The molecule has 0 aliphatic heterocycles. The van der Waals surface area contributed by atoms with Gasteiger partial charge < -0.3 is 29.0 Å². The average Bonchev–Trinajstić information content (AvgIpc) is 2.45. The number of hydrogen-bond acceptors (Lipinski definition) is 6. The first-order valence-electron chi connectivity index (χ1n) is 7.35. The van der Waals surface area contributed by atoms with Crippen LogP contribution in [0, 0.1) is 0 Å². The van der Waals surface area contributed by atoms with Crippen LogP contribution in [0.3, 0.4) is 0 Å². The number of ether oxygens (including phenoxy) is 5. The second kappa shape index (κ2) is 11.4. The van der Waals surface area contributed by atoms with E-state index in [1.807, 2.05) is 0 Å². The molecule has 0 radical (unpaired) electrons. The summed E-state index contributed by atoms with van der Waals surface area (Å²) in [6.07, 6.45) is 1.26. The van der Waals surface area contributed by atoms with Gasteiger partial charge in [0.1, 0.15) is 0 Å². The first-order valence-corrected chi connectivity index (χ1v) is 7.35. The number of likely N-dealkylation sites (N-methyl/N-ethyl adjacent to an activating group) is 1. The van der Waals surface area contributed by atoms with Gasteiger partial charge in [-0.3, -0.25) is 0 Å². The molecule has 1 N–H and O–H groups in total. The Labute approximate surface area is 122 Å². The summed E-state index contributed by atoms with van der Waals surface area (Å²) >= 11 is 0. The van der Waals surface area contributed by atoms with Crippen LogP contribution in [-0.4, -0.2) is 78.7 Å². The van der Waals surface area contributed by atoms with E-state index in [0.29, 0.717) is 45.7 Å². The van der Waals surface area contributed by atoms with Crippen molar-refractivity contribution in [2.45, 2.75) is 31.6 Å². The lowest BCUT2D eigenvalue weighted by molar-refractivity contribution is -0.157. The molecule has 0 saturated heterocycles. The van der Waals surface area contributed by atoms with Crippen molar-refractivity contribution in [3.63, 3.8) is 0 Å². The third-order valence-corrected chi connectivity index (χ3v) is 3.30. The number of rotatable bonds is 13. The Balaban J connectivity index is 2.12. The van der Waals surface area contributed by atoms with Crippen LogP contribution in [0.15, 0.2) is 0 Å². The molecule has 0 bridgehead atoms. The highest BCUT2D eigenvalue weighted by molar-refractivity contribution is 4.97. The number of hydrogen-bond donors (Lipinski definition) is 1. The summed E-state index contributed by atoms with van der Waals surface area (Å²) in [4.78, 5) is 0. The fraction of sp³-hybridized carbons (Fsp3) is 1.00. The minimum Gasteiger partial charge on any atom is -0.382 e. The molecule has 0 aromatic rings. The average molecular weight is 291 g/mol. The SMILES string of the molecule is CCNC1CC(OCCOCCOC)C1OCCOC. The topological polar surface area (TPSA) is 58.2 Å². The number of nitrogens with one attached hydrogen (secondary N) is 1. The van der Waals surface area contributed by atoms with Crippen LogP contribution in [0.5, 0.6) is 0 Å². The normalized spacial score (nSPS) is 25.6. The zero-order chi connectivity index (χ0) is 14.6. The number of methoxy groups -OCH3 is 2. The van der Waals surface area contributed by atoms with Gasteiger partial charge in [-0.2, -0.15) is 0 Å². The molecule has 1 fully saturated rings. The van der Waals surface area contributed by atoms with Gasteiger partial charge in [0.15, 0.2) is 0 Å². The summed E-state index contributed by atoms with van der Waals surface area (Å²) in [6, 6.07) is 0.385. The monoisotopic (exact) mass is 291 g/mol. The van der Waals surface area contributed by atoms with Gasteiger partial charge in [0.2, 0.25) is 0 Å². The molecule has 6 nitrogen and oxygen atoms in total. The zero-order valence-corrected chi connectivity index (χ0v) is 12.9. The summed E-state index contributed by atoms with van der Waals surface area (Å²) in [5.74, 6) is 0. The second-order valence-electron chi connectivity index (χ2n) is 4.74. The van der Waals surface area contributed by atoms with E-state index in [1.54, 1.807) is 14.2 Å². The lowest BCUT2D eigenvalue weighted by atomic mass is 9.85. The first-order chi connectivity index (χ1) is 9.83. The molecule has 3 atom stereocenters. The third kappa shape index (κ3) is 6.47. The van der Waals surface area contributed by atoms with Crippen LogP contribution in [0.2, 0.25) is 0 Å². The van der Waals surface area contributed by atoms with E-state index in [4.69, 9.17) is 23.7 Å².